The van der Waals surface area contributed by atoms with Gasteiger partial charge in [-0.15, -0.1) is 24.0 Å². The van der Waals surface area contributed by atoms with Crippen LogP contribution in [0.2, 0.25) is 0 Å². The van der Waals surface area contributed by atoms with Gasteiger partial charge in [0.15, 0.2) is 5.96 Å². The molecule has 0 saturated carbocycles. The van der Waals surface area contributed by atoms with Crippen LogP contribution in [0.3, 0.4) is 0 Å². The van der Waals surface area contributed by atoms with Gasteiger partial charge in [-0.1, -0.05) is 0 Å². The number of aliphatic imine (C=N–C) groups is 1. The molecule has 0 atom stereocenters. The van der Waals surface area contributed by atoms with Crippen molar-refractivity contribution in [1.29, 1.82) is 0 Å². The topological polar surface area (TPSA) is 27.6 Å². The van der Waals surface area contributed by atoms with E-state index in [-0.39, 0.29) is 24.0 Å². The molecule has 1 aliphatic heterocycles. The number of guanidine groups is 1. The van der Waals surface area contributed by atoms with Gasteiger partial charge < -0.3 is 10.2 Å². The average molecular weight is 389 g/mol. The van der Waals surface area contributed by atoms with Crippen LogP contribution in [-0.2, 0) is 0 Å². The van der Waals surface area contributed by atoms with Gasteiger partial charge in [-0.05, 0) is 20.1 Å². The second-order valence-electron chi connectivity index (χ2n) is 4.50. The van der Waals surface area contributed by atoms with Crippen molar-refractivity contribution in [3.05, 3.63) is 0 Å². The summed E-state index contributed by atoms with van der Waals surface area (Å²) in [5.41, 5.74) is 0. The Morgan fingerprint density at radius 1 is 1.53 bits per heavy atom. The van der Waals surface area contributed by atoms with Crippen molar-refractivity contribution in [2.24, 2.45) is 4.99 Å². The number of nitrogens with zero attached hydrogens (tertiary/aromatic N) is 2. The summed E-state index contributed by atoms with van der Waals surface area (Å²) in [6, 6.07) is 0. The molecule has 1 heterocycles. The van der Waals surface area contributed by atoms with E-state index in [1.54, 1.807) is 0 Å². The number of hydrogen-bond acceptors (Lipinski definition) is 3. The number of halogens is 1. The molecule has 0 aromatic carbocycles. The molecule has 3 nitrogen and oxygen atoms in total. The molecule has 1 aliphatic rings. The highest BCUT2D eigenvalue weighted by molar-refractivity contribution is 14.0. The zero-order valence-electron chi connectivity index (χ0n) is 11.2. The minimum absolute atomic E-state index is 0. The Morgan fingerprint density at radius 2 is 2.24 bits per heavy atom. The van der Waals surface area contributed by atoms with Crippen molar-refractivity contribution in [2.45, 2.75) is 18.6 Å². The summed E-state index contributed by atoms with van der Waals surface area (Å²) in [6.07, 6.45) is 2.13. The summed E-state index contributed by atoms with van der Waals surface area (Å²) < 4.78 is 0.343. The molecule has 0 aromatic rings. The first kappa shape index (κ1) is 17.7. The molecule has 0 radical (unpaired) electrons. The predicted molar refractivity (Wildman–Crippen MR) is 93.3 cm³/mol. The Hall–Kier alpha value is 0.700. The van der Waals surface area contributed by atoms with Crippen molar-refractivity contribution in [3.8, 4) is 0 Å². The Kier molecular flexibility index (Phi) is 9.10. The van der Waals surface area contributed by atoms with Gasteiger partial charge in [0.25, 0.3) is 0 Å². The minimum atomic E-state index is 0. The largest absolute Gasteiger partial charge is 0.355 e. The fourth-order valence-corrected chi connectivity index (χ4v) is 3.21. The third-order valence-electron chi connectivity index (χ3n) is 2.53. The van der Waals surface area contributed by atoms with E-state index in [0.29, 0.717) is 4.75 Å². The van der Waals surface area contributed by atoms with Crippen LogP contribution >= 0.6 is 47.5 Å². The standard InChI is InChI=1S/C11H23N3S2.HI/c1-11(2)9-14(6-8-16-11)10(12-3)13-5-7-15-4;/h5-9H2,1-4H3,(H,12,13);1H. The minimum Gasteiger partial charge on any atom is -0.355 e. The van der Waals surface area contributed by atoms with Crippen LogP contribution < -0.4 is 5.32 Å². The van der Waals surface area contributed by atoms with Gasteiger partial charge in [0.2, 0.25) is 0 Å². The Labute approximate surface area is 131 Å². The summed E-state index contributed by atoms with van der Waals surface area (Å²) in [5, 5.41) is 3.42. The number of thioether (sulfide) groups is 2. The third kappa shape index (κ3) is 6.42. The molecule has 0 spiro atoms. The second-order valence-corrected chi connectivity index (χ2v) is 7.28. The maximum Gasteiger partial charge on any atom is 0.193 e. The van der Waals surface area contributed by atoms with Crippen LogP contribution in [0, 0.1) is 0 Å². The lowest BCUT2D eigenvalue weighted by Gasteiger charge is -2.39. The average Bonchev–Trinajstić information content (AvgIpc) is 2.23. The van der Waals surface area contributed by atoms with Gasteiger partial charge in [0.1, 0.15) is 0 Å². The first-order chi connectivity index (χ1) is 7.59. The lowest BCUT2D eigenvalue weighted by atomic mass is 10.2. The summed E-state index contributed by atoms with van der Waals surface area (Å²) >= 11 is 3.91. The van der Waals surface area contributed by atoms with E-state index in [4.69, 9.17) is 0 Å². The number of nitrogens with one attached hydrogen (secondary N) is 1. The fourth-order valence-electron chi connectivity index (χ4n) is 1.79. The molecule has 1 rings (SSSR count). The van der Waals surface area contributed by atoms with Crippen LogP contribution in [0.15, 0.2) is 4.99 Å². The number of rotatable bonds is 3. The molecule has 0 unspecified atom stereocenters. The van der Waals surface area contributed by atoms with Crippen LogP contribution in [0.5, 0.6) is 0 Å². The zero-order valence-corrected chi connectivity index (χ0v) is 15.1. The molecule has 1 fully saturated rings. The first-order valence-corrected chi connectivity index (χ1v) is 8.05. The second kappa shape index (κ2) is 8.74. The van der Waals surface area contributed by atoms with Gasteiger partial charge in [-0.3, -0.25) is 4.99 Å². The molecule has 1 N–H and O–H groups in total. The fraction of sp³-hybridized carbons (Fsp3) is 0.909. The van der Waals surface area contributed by atoms with Gasteiger partial charge in [-0.25, -0.2) is 0 Å². The highest BCUT2D eigenvalue weighted by atomic mass is 127. The van der Waals surface area contributed by atoms with Crippen LogP contribution in [0.25, 0.3) is 0 Å². The zero-order chi connectivity index (χ0) is 12.0. The lowest BCUT2D eigenvalue weighted by molar-refractivity contribution is 0.377. The molecule has 17 heavy (non-hydrogen) atoms. The molecule has 0 amide bonds. The van der Waals surface area contributed by atoms with Crippen molar-refractivity contribution in [1.82, 2.24) is 10.2 Å². The molecular weight excluding hydrogens is 365 g/mol. The van der Waals surface area contributed by atoms with E-state index in [2.05, 4.69) is 47.1 Å². The van der Waals surface area contributed by atoms with Gasteiger partial charge >= 0.3 is 0 Å². The molecular formula is C11H24IN3S2. The van der Waals surface area contributed by atoms with Crippen molar-refractivity contribution in [2.75, 3.05) is 44.4 Å². The Bertz CT molecular complexity index is 247. The lowest BCUT2D eigenvalue weighted by Crippen LogP contribution is -2.51. The van der Waals surface area contributed by atoms with E-state index >= 15 is 0 Å². The molecule has 1 saturated heterocycles. The molecule has 0 aromatic heterocycles. The first-order valence-electron chi connectivity index (χ1n) is 5.67. The van der Waals surface area contributed by atoms with E-state index in [9.17, 15) is 0 Å². The van der Waals surface area contributed by atoms with E-state index in [1.165, 1.54) is 5.75 Å². The van der Waals surface area contributed by atoms with Crippen molar-refractivity contribution < 1.29 is 0 Å². The van der Waals surface area contributed by atoms with E-state index in [1.807, 2.05) is 18.8 Å². The highest BCUT2D eigenvalue weighted by Crippen LogP contribution is 2.29. The van der Waals surface area contributed by atoms with E-state index < -0.39 is 0 Å². The molecule has 6 heteroatoms. The SMILES string of the molecule is CN=C(NCCSC)N1CCSC(C)(C)C1.I. The van der Waals surface area contributed by atoms with Gasteiger partial charge in [0.05, 0.1) is 0 Å². The summed E-state index contributed by atoms with van der Waals surface area (Å²) in [6.45, 7) is 7.79. The van der Waals surface area contributed by atoms with Crippen LogP contribution in [-0.4, -0.2) is 60.0 Å². The van der Waals surface area contributed by atoms with Crippen molar-refractivity contribution in [3.63, 3.8) is 0 Å². The van der Waals surface area contributed by atoms with E-state index in [0.717, 1.165) is 31.3 Å². The summed E-state index contributed by atoms with van der Waals surface area (Å²) in [4.78, 5) is 6.73. The summed E-state index contributed by atoms with van der Waals surface area (Å²) in [5.74, 6) is 3.38. The van der Waals surface area contributed by atoms with Gasteiger partial charge in [-0.2, -0.15) is 23.5 Å². The quantitative estimate of drug-likeness (QED) is 0.347. The molecule has 102 valence electrons. The molecule has 0 aliphatic carbocycles. The van der Waals surface area contributed by atoms with Crippen molar-refractivity contribution >= 4 is 53.5 Å². The summed E-state index contributed by atoms with van der Waals surface area (Å²) in [7, 11) is 1.87. The monoisotopic (exact) mass is 389 g/mol. The molecule has 0 bridgehead atoms. The maximum absolute atomic E-state index is 4.36. The normalized spacial score (nSPS) is 19.8. The third-order valence-corrected chi connectivity index (χ3v) is 4.44. The Morgan fingerprint density at radius 3 is 2.76 bits per heavy atom. The predicted octanol–water partition coefficient (Wildman–Crippen LogP) is 2.37. The Balaban J connectivity index is 0.00000256. The smallest absolute Gasteiger partial charge is 0.193 e. The van der Waals surface area contributed by atoms with Gasteiger partial charge in [0, 0.05) is 42.9 Å². The maximum atomic E-state index is 4.36. The van der Waals surface area contributed by atoms with Crippen LogP contribution in [0.1, 0.15) is 13.8 Å². The number of hydrogen-bond donors (Lipinski definition) is 1. The highest BCUT2D eigenvalue weighted by Gasteiger charge is 2.28. The van der Waals surface area contributed by atoms with Crippen LogP contribution in [0.4, 0.5) is 0 Å².